The second kappa shape index (κ2) is 17.6. The van der Waals surface area contributed by atoms with Crippen molar-refractivity contribution in [2.24, 2.45) is 79.7 Å². The van der Waals surface area contributed by atoms with Crippen LogP contribution in [0.4, 0.5) is 0 Å². The summed E-state index contributed by atoms with van der Waals surface area (Å²) in [5.41, 5.74) is 6.51. The maximum atomic E-state index is 14.5. The zero-order valence-corrected chi connectivity index (χ0v) is 40.5. The number of guanidine groups is 1. The van der Waals surface area contributed by atoms with Crippen LogP contribution in [-0.2, 0) is 4.79 Å². The molecule has 0 radical (unpaired) electrons. The first-order chi connectivity index (χ1) is 30.4. The van der Waals surface area contributed by atoms with E-state index in [1.54, 1.807) is 29.4 Å². The Morgan fingerprint density at radius 2 is 1.80 bits per heavy atom. The average Bonchev–Trinajstić information content (AvgIpc) is 3.97. The summed E-state index contributed by atoms with van der Waals surface area (Å²) in [6.07, 6.45) is 16.6. The third-order valence-corrected chi connectivity index (χ3v) is 21.9. The summed E-state index contributed by atoms with van der Waals surface area (Å²) in [7, 11) is 3.57. The Hall–Kier alpha value is -1.91. The van der Waals surface area contributed by atoms with Crippen molar-refractivity contribution in [1.82, 2.24) is 14.9 Å². The normalized spacial score (nSPS) is 47.6. The summed E-state index contributed by atoms with van der Waals surface area (Å²) >= 11 is 0. The Morgan fingerprint density at radius 3 is 2.53 bits per heavy atom. The number of hydrogen-bond donors (Lipinski definition) is 8. The van der Waals surface area contributed by atoms with E-state index in [9.17, 15) is 35.4 Å². The van der Waals surface area contributed by atoms with Crippen LogP contribution in [0.2, 0.25) is 0 Å². The van der Waals surface area contributed by atoms with Crippen molar-refractivity contribution in [2.75, 3.05) is 24.7 Å². The SMILES string of the molecule is CC(O)NC(N)=NCC1CC2(CO)C3CC(CSSCC(n4ccnc4)CC(C)(C)C(=C4CC5CCC6CCCC6(C4)C5)CC(O)C3C)C2(O)C2=CC(=O)C3CC(O)C(O)CC3(C)C21. The van der Waals surface area contributed by atoms with Crippen LogP contribution in [0.3, 0.4) is 0 Å². The Kier molecular flexibility index (Phi) is 12.9. The molecule has 0 aromatic carbocycles. The van der Waals surface area contributed by atoms with E-state index in [0.29, 0.717) is 41.9 Å². The summed E-state index contributed by atoms with van der Waals surface area (Å²) in [5.74, 6) is 0.537. The van der Waals surface area contributed by atoms with Gasteiger partial charge in [-0.2, -0.15) is 0 Å². The van der Waals surface area contributed by atoms with Gasteiger partial charge in [0.25, 0.3) is 0 Å². The van der Waals surface area contributed by atoms with Crippen molar-refractivity contribution in [3.05, 3.63) is 41.5 Å². The molecule has 9 rings (SSSR count). The number of aliphatic hydroxyl groups is 6. The molecule has 4 bridgehead atoms. The van der Waals surface area contributed by atoms with Crippen LogP contribution in [0.25, 0.3) is 0 Å². The van der Waals surface area contributed by atoms with Crippen molar-refractivity contribution in [1.29, 1.82) is 0 Å². The fourth-order valence-electron chi connectivity index (χ4n) is 16.5. The van der Waals surface area contributed by atoms with Crippen molar-refractivity contribution < 1.29 is 35.4 Å². The van der Waals surface area contributed by atoms with Crippen LogP contribution < -0.4 is 11.1 Å². The highest BCUT2D eigenvalue weighted by Gasteiger charge is 2.73. The lowest BCUT2D eigenvalue weighted by molar-refractivity contribution is -0.182. The number of carbonyl (C=O) groups excluding carboxylic acids is 1. The lowest BCUT2D eigenvalue weighted by atomic mass is 9.42. The molecule has 1 spiro atoms. The number of aliphatic hydroxyl groups excluding tert-OH is 5. The predicted octanol–water partition coefficient (Wildman–Crippen LogP) is 6.17. The first-order valence-corrected chi connectivity index (χ1v) is 27.2. The standard InChI is InChI=1S/C50H77N5O7S2/c1-28-36-14-34(50(62)39-17-41(59)38-16-42(60)43(61)22-47(38,5)44(39)32(20-49(36,50)26-56)23-53-45(51)54-29(2)57)24-63-64-25-35(55-12-11-52-27-55)21-46(3,4)37(15-40(28)58)31-13-30-8-9-33-7-6-10-48(33,18-30)19-31/h11-12,17,27-30,32-36,38,40,42-44,56-58,60-62H,6-10,13-16,18-26H2,1-5H3,(H3,51,53,54). The number of rotatable bonds is 5. The Morgan fingerprint density at radius 1 is 1.02 bits per heavy atom. The fourth-order valence-corrected chi connectivity index (χ4v) is 19.3. The molecule has 7 fully saturated rings. The Balaban J connectivity index is 1.16. The largest absolute Gasteiger partial charge is 0.396 e. The van der Waals surface area contributed by atoms with E-state index in [-0.39, 0.29) is 72.9 Å². The van der Waals surface area contributed by atoms with Crippen LogP contribution >= 0.6 is 21.6 Å². The molecule has 6 saturated carbocycles. The van der Waals surface area contributed by atoms with Crippen molar-refractivity contribution in [2.45, 2.75) is 161 Å². The molecule has 17 unspecified atom stereocenters. The maximum Gasteiger partial charge on any atom is 0.190 e. The zero-order chi connectivity index (χ0) is 45.6. The lowest BCUT2D eigenvalue weighted by Crippen LogP contribution is -2.67. The van der Waals surface area contributed by atoms with Gasteiger partial charge in [-0.05, 0) is 154 Å². The molecule has 1 aromatic rings. The van der Waals surface area contributed by atoms with Gasteiger partial charge >= 0.3 is 0 Å². The summed E-state index contributed by atoms with van der Waals surface area (Å²) in [6.45, 7) is 10.4. The third-order valence-electron chi connectivity index (χ3n) is 19.3. The van der Waals surface area contributed by atoms with Gasteiger partial charge in [-0.3, -0.25) is 9.79 Å². The van der Waals surface area contributed by atoms with E-state index in [2.05, 4.69) is 41.8 Å². The third kappa shape index (κ3) is 7.79. The predicted molar refractivity (Wildman–Crippen MR) is 253 cm³/mol. The highest BCUT2D eigenvalue weighted by atomic mass is 33.1. The van der Waals surface area contributed by atoms with Gasteiger partial charge in [0.2, 0.25) is 0 Å². The minimum Gasteiger partial charge on any atom is -0.396 e. The van der Waals surface area contributed by atoms with Gasteiger partial charge in [0.05, 0.1) is 36.8 Å². The maximum absolute atomic E-state index is 14.5. The van der Waals surface area contributed by atoms with Gasteiger partial charge in [-0.1, -0.05) is 66.8 Å². The number of ketones is 1. The van der Waals surface area contributed by atoms with E-state index in [0.717, 1.165) is 30.9 Å². The van der Waals surface area contributed by atoms with Gasteiger partial charge in [-0.15, -0.1) is 0 Å². The molecule has 17 atom stereocenters. The molecule has 1 aromatic heterocycles. The topological polar surface area (TPSA) is 207 Å². The number of hydrogen-bond acceptors (Lipinski definition) is 11. The van der Waals surface area contributed by atoms with Crippen LogP contribution in [0.15, 0.2) is 46.5 Å². The number of aliphatic imine (C=N–C) groups is 1. The number of nitrogens with two attached hydrogens (primary N) is 1. The van der Waals surface area contributed by atoms with Crippen molar-refractivity contribution in [3.8, 4) is 0 Å². The molecule has 7 aliphatic carbocycles. The molecule has 9 N–H and O–H groups in total. The molecule has 1 aliphatic heterocycles. The van der Waals surface area contributed by atoms with Crippen molar-refractivity contribution >= 4 is 33.3 Å². The Labute approximate surface area is 388 Å². The zero-order valence-electron chi connectivity index (χ0n) is 38.9. The number of nitrogens with zero attached hydrogens (tertiary/aromatic N) is 3. The Bertz CT molecular complexity index is 1990. The van der Waals surface area contributed by atoms with E-state index in [1.165, 1.54) is 44.1 Å². The molecule has 356 valence electrons. The first kappa shape index (κ1) is 47.2. The van der Waals surface area contributed by atoms with Gasteiger partial charge < -0.3 is 46.3 Å². The monoisotopic (exact) mass is 924 g/mol. The van der Waals surface area contributed by atoms with Crippen LogP contribution in [0, 0.1) is 69.0 Å². The number of fused-ring (bicyclic) bond motifs is 10. The molecule has 2 heterocycles. The average molecular weight is 924 g/mol. The summed E-state index contributed by atoms with van der Waals surface area (Å²) < 4.78 is 2.25. The number of imidazole rings is 1. The van der Waals surface area contributed by atoms with Crippen molar-refractivity contribution in [3.63, 3.8) is 0 Å². The highest BCUT2D eigenvalue weighted by Crippen LogP contribution is 2.72. The fraction of sp³-hybridized carbons (Fsp3) is 0.820. The molecule has 64 heavy (non-hydrogen) atoms. The summed E-state index contributed by atoms with van der Waals surface area (Å²) in [6, 6.07) is 0.152. The van der Waals surface area contributed by atoms with E-state index < -0.39 is 52.8 Å². The van der Waals surface area contributed by atoms with Crippen LogP contribution in [0.5, 0.6) is 0 Å². The van der Waals surface area contributed by atoms with Gasteiger partial charge in [-0.25, -0.2) is 4.98 Å². The van der Waals surface area contributed by atoms with Gasteiger partial charge in [0, 0.05) is 53.7 Å². The number of allylic oxidation sites excluding steroid dienone is 2. The first-order valence-electron chi connectivity index (χ1n) is 24.7. The van der Waals surface area contributed by atoms with Gasteiger partial charge in [0.15, 0.2) is 11.7 Å². The minimum absolute atomic E-state index is 0.0724. The number of nitrogens with one attached hydrogen (secondary N) is 1. The van der Waals surface area contributed by atoms with Crippen LogP contribution in [0.1, 0.15) is 131 Å². The lowest BCUT2D eigenvalue weighted by Gasteiger charge is -2.63. The molecule has 8 aliphatic rings. The van der Waals surface area contributed by atoms with E-state index >= 15 is 0 Å². The highest BCUT2D eigenvalue weighted by molar-refractivity contribution is 8.76. The summed E-state index contributed by atoms with van der Waals surface area (Å²) in [5, 5.41) is 74.3. The number of carbonyl (C=O) groups is 1. The van der Waals surface area contributed by atoms with Gasteiger partial charge in [0.1, 0.15) is 6.23 Å². The van der Waals surface area contributed by atoms with E-state index in [4.69, 9.17) is 10.7 Å². The molecule has 0 amide bonds. The molecule has 14 heteroatoms. The molecular formula is C50H77N5O7S2. The second-order valence-corrected chi connectivity index (χ2v) is 25.8. The molecule has 1 saturated heterocycles. The molecular weight excluding hydrogens is 847 g/mol. The number of aromatic nitrogens is 2. The smallest absolute Gasteiger partial charge is 0.190 e. The van der Waals surface area contributed by atoms with Crippen LogP contribution in [-0.4, -0.2) is 107 Å². The molecule has 12 nitrogen and oxygen atoms in total. The summed E-state index contributed by atoms with van der Waals surface area (Å²) in [4.78, 5) is 23.8. The minimum atomic E-state index is -1.60. The van der Waals surface area contributed by atoms with E-state index in [1.807, 2.05) is 30.2 Å². The second-order valence-electron chi connectivity index (χ2n) is 23.3. The quantitative estimate of drug-likeness (QED) is 0.0549.